The van der Waals surface area contributed by atoms with Crippen LogP contribution in [0.25, 0.3) is 0 Å². The Morgan fingerprint density at radius 1 is 0.969 bits per heavy atom. The second-order valence-corrected chi connectivity index (χ2v) is 12.6. The van der Waals surface area contributed by atoms with Crippen LogP contribution in [-0.4, -0.2) is 25.8 Å². The molecule has 1 aromatic carbocycles. The van der Waals surface area contributed by atoms with Crippen molar-refractivity contribution in [2.75, 3.05) is 13.1 Å². The number of aryl methyl sites for hydroxylation is 1. The van der Waals surface area contributed by atoms with Crippen molar-refractivity contribution in [1.29, 1.82) is 0 Å². The third-order valence-corrected chi connectivity index (χ3v) is 9.84. The molecule has 4 rings (SSSR count). The van der Waals surface area contributed by atoms with Crippen molar-refractivity contribution in [2.24, 2.45) is 23.7 Å². The van der Waals surface area contributed by atoms with Gasteiger partial charge in [0, 0.05) is 24.9 Å². The van der Waals surface area contributed by atoms with Crippen molar-refractivity contribution in [1.82, 2.24) is 4.31 Å². The van der Waals surface area contributed by atoms with Gasteiger partial charge in [0.25, 0.3) is 0 Å². The van der Waals surface area contributed by atoms with E-state index < -0.39 is 10.0 Å². The number of rotatable bonds is 4. The van der Waals surface area contributed by atoms with Crippen LogP contribution in [0.3, 0.4) is 0 Å². The molecule has 0 saturated heterocycles. The Kier molecular flexibility index (Phi) is 6.57. The zero-order valence-electron chi connectivity index (χ0n) is 20.4. The lowest BCUT2D eigenvalue weighted by atomic mass is 9.60. The Hall–Kier alpha value is -1.65. The molecule has 4 heteroatoms. The van der Waals surface area contributed by atoms with Crippen LogP contribution in [0.1, 0.15) is 65.4 Å². The molecule has 32 heavy (non-hydrogen) atoms. The van der Waals surface area contributed by atoms with Gasteiger partial charge in [-0.25, -0.2) is 8.42 Å². The normalized spacial score (nSPS) is 26.1. The molecule has 1 aromatic rings. The number of benzene rings is 1. The average Bonchev–Trinajstić information content (AvgIpc) is 2.75. The molecule has 3 aliphatic rings. The number of nitrogens with zero attached hydrogens (tertiary/aromatic N) is 1. The van der Waals surface area contributed by atoms with Crippen LogP contribution in [0.4, 0.5) is 0 Å². The monoisotopic (exact) mass is 453 g/mol. The highest BCUT2D eigenvalue weighted by Crippen LogP contribution is 2.52. The van der Waals surface area contributed by atoms with Crippen LogP contribution in [0, 0.1) is 30.6 Å². The SMILES string of the molecule is C=C1[C@H](C(C)C)C2=C(C)CN(S(=O)(=O)c3ccc(C)cc3)CC2=C(C)[C@@H]1C1CCCCC1. The molecule has 1 heterocycles. The topological polar surface area (TPSA) is 37.4 Å². The third kappa shape index (κ3) is 4.05. The summed E-state index contributed by atoms with van der Waals surface area (Å²) >= 11 is 0. The zero-order valence-corrected chi connectivity index (χ0v) is 21.3. The molecule has 1 aliphatic heterocycles. The highest BCUT2D eigenvalue weighted by atomic mass is 32.2. The number of allylic oxidation sites excluding steroid dienone is 2. The van der Waals surface area contributed by atoms with Crippen molar-refractivity contribution in [3.05, 3.63) is 64.3 Å². The van der Waals surface area contributed by atoms with Gasteiger partial charge in [-0.05, 0) is 68.7 Å². The summed E-state index contributed by atoms with van der Waals surface area (Å²) in [6.45, 7) is 16.6. The summed E-state index contributed by atoms with van der Waals surface area (Å²) in [4.78, 5) is 0.391. The number of fused-ring (bicyclic) bond motifs is 1. The first kappa shape index (κ1) is 23.5. The van der Waals surface area contributed by atoms with Crippen LogP contribution in [0.2, 0.25) is 0 Å². The van der Waals surface area contributed by atoms with E-state index in [0.717, 1.165) is 5.56 Å². The highest BCUT2D eigenvalue weighted by Gasteiger charge is 2.43. The van der Waals surface area contributed by atoms with Crippen LogP contribution in [-0.2, 0) is 10.0 Å². The number of sulfonamides is 1. The van der Waals surface area contributed by atoms with E-state index in [1.807, 2.05) is 19.1 Å². The maximum atomic E-state index is 13.6. The maximum Gasteiger partial charge on any atom is 0.243 e. The minimum Gasteiger partial charge on any atom is -0.207 e. The third-order valence-electron chi connectivity index (χ3n) is 8.03. The van der Waals surface area contributed by atoms with E-state index in [0.29, 0.717) is 41.7 Å². The first-order valence-electron chi connectivity index (χ1n) is 12.3. The summed E-state index contributed by atoms with van der Waals surface area (Å²) < 4.78 is 28.8. The highest BCUT2D eigenvalue weighted by molar-refractivity contribution is 7.89. The zero-order chi connectivity index (χ0) is 23.2. The van der Waals surface area contributed by atoms with Crippen molar-refractivity contribution < 1.29 is 8.42 Å². The van der Waals surface area contributed by atoms with Crippen LogP contribution in [0.5, 0.6) is 0 Å². The Balaban J connectivity index is 1.79. The number of hydrogen-bond donors (Lipinski definition) is 0. The van der Waals surface area contributed by atoms with Gasteiger partial charge in [-0.15, -0.1) is 0 Å². The molecule has 0 bridgehead atoms. The molecule has 174 valence electrons. The molecule has 3 nitrogen and oxygen atoms in total. The van der Waals surface area contributed by atoms with E-state index >= 15 is 0 Å². The molecule has 1 saturated carbocycles. The van der Waals surface area contributed by atoms with E-state index in [9.17, 15) is 8.42 Å². The van der Waals surface area contributed by atoms with Gasteiger partial charge in [-0.3, -0.25) is 0 Å². The first-order chi connectivity index (χ1) is 15.1. The van der Waals surface area contributed by atoms with Crippen molar-refractivity contribution in [3.8, 4) is 0 Å². The second kappa shape index (κ2) is 8.95. The largest absolute Gasteiger partial charge is 0.243 e. The molecule has 0 amide bonds. The summed E-state index contributed by atoms with van der Waals surface area (Å²) in [6.07, 6.45) is 6.48. The predicted molar refractivity (Wildman–Crippen MR) is 133 cm³/mol. The van der Waals surface area contributed by atoms with E-state index in [4.69, 9.17) is 0 Å². The smallest absolute Gasteiger partial charge is 0.207 e. The summed E-state index contributed by atoms with van der Waals surface area (Å²) in [5.74, 6) is 1.82. The summed E-state index contributed by atoms with van der Waals surface area (Å²) in [7, 11) is -3.54. The second-order valence-electron chi connectivity index (χ2n) is 10.6. The van der Waals surface area contributed by atoms with Gasteiger partial charge in [-0.1, -0.05) is 74.1 Å². The molecule has 0 spiro atoms. The summed E-state index contributed by atoms with van der Waals surface area (Å²) in [5, 5.41) is 0. The molecule has 2 atom stereocenters. The standard InChI is InChI=1S/C28H39NO2S/c1-18(2)26-22(6)28(23-10-8-7-9-11-23)21(5)25-17-29(16-20(4)27(25)26)32(30,31)24-14-12-19(3)13-15-24/h12-15,18,23,26,28H,6-11,16-17H2,1-5H3/t26-,28-/m0/s1. The molecule has 2 aliphatic carbocycles. The van der Waals surface area contributed by atoms with Gasteiger partial charge in [0.2, 0.25) is 10.0 Å². The minimum atomic E-state index is -3.54. The fourth-order valence-corrected chi connectivity index (χ4v) is 7.92. The molecular formula is C28H39NO2S. The van der Waals surface area contributed by atoms with Gasteiger partial charge in [0.15, 0.2) is 0 Å². The van der Waals surface area contributed by atoms with Crippen LogP contribution in [0.15, 0.2) is 63.6 Å². The lowest BCUT2D eigenvalue weighted by Gasteiger charge is -2.47. The average molecular weight is 454 g/mol. The summed E-state index contributed by atoms with van der Waals surface area (Å²) in [6, 6.07) is 7.25. The molecular weight excluding hydrogens is 414 g/mol. The molecule has 0 unspecified atom stereocenters. The fraction of sp³-hybridized carbons (Fsp3) is 0.571. The van der Waals surface area contributed by atoms with E-state index in [2.05, 4.69) is 34.3 Å². The maximum absolute atomic E-state index is 13.6. The Bertz CT molecular complexity index is 1050. The molecule has 0 aromatic heterocycles. The quantitative estimate of drug-likeness (QED) is 0.477. The van der Waals surface area contributed by atoms with Crippen LogP contribution < -0.4 is 0 Å². The minimum absolute atomic E-state index is 0.324. The predicted octanol–water partition coefficient (Wildman–Crippen LogP) is 6.67. The van der Waals surface area contributed by atoms with Crippen molar-refractivity contribution in [2.45, 2.75) is 71.6 Å². The van der Waals surface area contributed by atoms with Gasteiger partial charge in [-0.2, -0.15) is 4.31 Å². The Labute approximate surface area is 195 Å². The van der Waals surface area contributed by atoms with Gasteiger partial charge < -0.3 is 0 Å². The fourth-order valence-electron chi connectivity index (χ4n) is 6.47. The van der Waals surface area contributed by atoms with Crippen LogP contribution >= 0.6 is 0 Å². The van der Waals surface area contributed by atoms with Gasteiger partial charge in [0.1, 0.15) is 0 Å². The van der Waals surface area contributed by atoms with Gasteiger partial charge >= 0.3 is 0 Å². The Morgan fingerprint density at radius 3 is 2.19 bits per heavy atom. The summed E-state index contributed by atoms with van der Waals surface area (Å²) in [5.41, 5.74) is 7.65. The first-order valence-corrected chi connectivity index (χ1v) is 13.7. The molecule has 1 fully saturated rings. The van der Waals surface area contributed by atoms with Gasteiger partial charge in [0.05, 0.1) is 4.90 Å². The lowest BCUT2D eigenvalue weighted by Crippen LogP contribution is -2.43. The van der Waals surface area contributed by atoms with E-state index in [1.54, 1.807) is 16.4 Å². The van der Waals surface area contributed by atoms with E-state index in [-0.39, 0.29) is 0 Å². The number of hydrogen-bond acceptors (Lipinski definition) is 2. The lowest BCUT2D eigenvalue weighted by molar-refractivity contribution is 0.273. The molecule has 0 N–H and O–H groups in total. The molecule has 0 radical (unpaired) electrons. The Morgan fingerprint density at radius 2 is 1.59 bits per heavy atom. The van der Waals surface area contributed by atoms with E-state index in [1.165, 1.54) is 60.0 Å². The van der Waals surface area contributed by atoms with Crippen molar-refractivity contribution in [3.63, 3.8) is 0 Å². The van der Waals surface area contributed by atoms with Crippen molar-refractivity contribution >= 4 is 10.0 Å².